The molecular formula is C17H21N3O3. The van der Waals surface area contributed by atoms with E-state index in [4.69, 9.17) is 9.47 Å². The maximum atomic E-state index is 12.3. The predicted molar refractivity (Wildman–Crippen MR) is 85.5 cm³/mol. The van der Waals surface area contributed by atoms with E-state index in [0.717, 1.165) is 24.2 Å². The number of imidazole rings is 1. The summed E-state index contributed by atoms with van der Waals surface area (Å²) in [4.78, 5) is 16.7. The number of nitrogens with zero attached hydrogens (tertiary/aromatic N) is 2. The van der Waals surface area contributed by atoms with Crippen LogP contribution in [0.4, 0.5) is 0 Å². The normalized spacial score (nSPS) is 15.1. The minimum absolute atomic E-state index is 0.0582. The van der Waals surface area contributed by atoms with Gasteiger partial charge in [-0.3, -0.25) is 4.79 Å². The van der Waals surface area contributed by atoms with E-state index in [1.807, 2.05) is 36.0 Å². The molecule has 1 aliphatic carbocycles. The Bertz CT molecular complexity index is 707. The maximum Gasteiger partial charge on any atom is 0.223 e. The number of benzene rings is 1. The van der Waals surface area contributed by atoms with Crippen molar-refractivity contribution in [2.45, 2.75) is 18.9 Å². The Labute approximate surface area is 135 Å². The standard InChI is InChI=1S/C17H21N3O3/c1-20-10-9-18-16(20)14(19-17(21)11-7-8-11)12-5-4-6-13(22-2)15(12)23-3/h4-6,9-11,14H,7-8H2,1-3H3,(H,19,21). The number of hydrogen-bond donors (Lipinski definition) is 1. The van der Waals surface area contributed by atoms with Gasteiger partial charge in [-0.25, -0.2) is 4.98 Å². The van der Waals surface area contributed by atoms with Crippen LogP contribution < -0.4 is 14.8 Å². The van der Waals surface area contributed by atoms with Crippen LogP contribution in [0.25, 0.3) is 0 Å². The van der Waals surface area contributed by atoms with E-state index in [0.29, 0.717) is 11.5 Å². The molecule has 122 valence electrons. The number of hydrogen-bond acceptors (Lipinski definition) is 4. The van der Waals surface area contributed by atoms with Crippen molar-refractivity contribution in [3.63, 3.8) is 0 Å². The maximum absolute atomic E-state index is 12.3. The first kappa shape index (κ1) is 15.4. The Hall–Kier alpha value is -2.50. The lowest BCUT2D eigenvalue weighted by Crippen LogP contribution is -2.32. The van der Waals surface area contributed by atoms with Gasteiger partial charge in [-0.2, -0.15) is 0 Å². The molecule has 0 aliphatic heterocycles. The van der Waals surface area contributed by atoms with Crippen molar-refractivity contribution in [1.29, 1.82) is 0 Å². The molecule has 0 spiro atoms. The summed E-state index contributed by atoms with van der Waals surface area (Å²) in [5.74, 6) is 2.17. The fourth-order valence-electron chi connectivity index (χ4n) is 2.68. The van der Waals surface area contributed by atoms with E-state index in [2.05, 4.69) is 10.3 Å². The average molecular weight is 315 g/mol. The van der Waals surface area contributed by atoms with Gasteiger partial charge in [0.2, 0.25) is 5.91 Å². The van der Waals surface area contributed by atoms with Gasteiger partial charge in [0.25, 0.3) is 0 Å². The Balaban J connectivity index is 2.04. The number of aryl methyl sites for hydroxylation is 1. The van der Waals surface area contributed by atoms with Crippen LogP contribution >= 0.6 is 0 Å². The molecule has 0 saturated heterocycles. The Morgan fingerprint density at radius 3 is 2.70 bits per heavy atom. The SMILES string of the molecule is COc1cccc(C(NC(=O)C2CC2)c2nccn2C)c1OC. The molecule has 1 aliphatic rings. The first-order valence-corrected chi connectivity index (χ1v) is 7.64. The fraction of sp³-hybridized carbons (Fsp3) is 0.412. The largest absolute Gasteiger partial charge is 0.493 e. The van der Waals surface area contributed by atoms with Crippen molar-refractivity contribution in [2.24, 2.45) is 13.0 Å². The molecule has 0 radical (unpaired) electrons. The third kappa shape index (κ3) is 3.02. The van der Waals surface area contributed by atoms with Gasteiger partial charge in [-0.05, 0) is 18.9 Å². The number of methoxy groups -OCH3 is 2. The van der Waals surface area contributed by atoms with E-state index in [1.165, 1.54) is 0 Å². The number of carbonyl (C=O) groups excluding carboxylic acids is 1. The highest BCUT2D eigenvalue weighted by Crippen LogP contribution is 2.38. The highest BCUT2D eigenvalue weighted by Gasteiger charge is 2.33. The lowest BCUT2D eigenvalue weighted by molar-refractivity contribution is -0.122. The van der Waals surface area contributed by atoms with Crippen LogP contribution in [0.3, 0.4) is 0 Å². The Morgan fingerprint density at radius 1 is 1.35 bits per heavy atom. The van der Waals surface area contributed by atoms with Gasteiger partial charge < -0.3 is 19.4 Å². The van der Waals surface area contributed by atoms with E-state index in [9.17, 15) is 4.79 Å². The zero-order valence-electron chi connectivity index (χ0n) is 13.6. The molecule has 3 rings (SSSR count). The first-order valence-electron chi connectivity index (χ1n) is 7.64. The minimum Gasteiger partial charge on any atom is -0.493 e. The number of nitrogens with one attached hydrogen (secondary N) is 1. The van der Waals surface area contributed by atoms with Crippen LogP contribution in [0.1, 0.15) is 30.3 Å². The molecule has 1 amide bonds. The van der Waals surface area contributed by atoms with Crippen molar-refractivity contribution in [1.82, 2.24) is 14.9 Å². The van der Waals surface area contributed by atoms with Gasteiger partial charge in [-0.15, -0.1) is 0 Å². The second kappa shape index (κ2) is 6.32. The van der Waals surface area contributed by atoms with Crippen molar-refractivity contribution in [3.05, 3.63) is 42.0 Å². The molecule has 1 atom stereocenters. The van der Waals surface area contributed by atoms with Crippen molar-refractivity contribution >= 4 is 5.91 Å². The smallest absolute Gasteiger partial charge is 0.223 e. The van der Waals surface area contributed by atoms with Crippen LogP contribution in [0, 0.1) is 5.92 Å². The molecule has 1 aromatic carbocycles. The van der Waals surface area contributed by atoms with Gasteiger partial charge in [0.05, 0.1) is 14.2 Å². The zero-order chi connectivity index (χ0) is 16.4. The highest BCUT2D eigenvalue weighted by atomic mass is 16.5. The highest BCUT2D eigenvalue weighted by molar-refractivity contribution is 5.81. The summed E-state index contributed by atoms with van der Waals surface area (Å²) in [5.41, 5.74) is 0.829. The van der Waals surface area contributed by atoms with Gasteiger partial charge in [0, 0.05) is 30.9 Å². The second-order valence-electron chi connectivity index (χ2n) is 5.69. The van der Waals surface area contributed by atoms with Crippen LogP contribution in [0.5, 0.6) is 11.5 Å². The molecule has 1 heterocycles. The number of rotatable bonds is 6. The van der Waals surface area contributed by atoms with E-state index < -0.39 is 0 Å². The van der Waals surface area contributed by atoms with Crippen molar-refractivity contribution in [2.75, 3.05) is 14.2 Å². The van der Waals surface area contributed by atoms with Crippen LogP contribution in [0.15, 0.2) is 30.6 Å². The van der Waals surface area contributed by atoms with Gasteiger partial charge in [0.15, 0.2) is 11.5 Å². The molecular weight excluding hydrogens is 294 g/mol. The summed E-state index contributed by atoms with van der Waals surface area (Å²) < 4.78 is 12.8. The molecule has 0 bridgehead atoms. The van der Waals surface area contributed by atoms with E-state index >= 15 is 0 Å². The fourth-order valence-corrected chi connectivity index (χ4v) is 2.68. The lowest BCUT2D eigenvalue weighted by Gasteiger charge is -2.22. The average Bonchev–Trinajstić information content (AvgIpc) is 3.34. The van der Waals surface area contributed by atoms with E-state index in [-0.39, 0.29) is 17.9 Å². The van der Waals surface area contributed by atoms with Crippen molar-refractivity contribution in [3.8, 4) is 11.5 Å². The quantitative estimate of drug-likeness (QED) is 0.886. The number of carbonyl (C=O) groups is 1. The molecule has 23 heavy (non-hydrogen) atoms. The van der Waals surface area contributed by atoms with Gasteiger partial charge in [0.1, 0.15) is 11.9 Å². The molecule has 1 unspecified atom stereocenters. The molecule has 2 aromatic rings. The molecule has 1 N–H and O–H groups in total. The minimum atomic E-state index is -0.381. The summed E-state index contributed by atoms with van der Waals surface area (Å²) in [6.07, 6.45) is 5.49. The number of ether oxygens (including phenoxy) is 2. The zero-order valence-corrected chi connectivity index (χ0v) is 13.6. The third-order valence-electron chi connectivity index (χ3n) is 4.10. The molecule has 1 saturated carbocycles. The van der Waals surface area contributed by atoms with Gasteiger partial charge >= 0.3 is 0 Å². The summed E-state index contributed by atoms with van der Waals surface area (Å²) in [5, 5.41) is 3.11. The number of para-hydroxylation sites is 1. The predicted octanol–water partition coefficient (Wildman–Crippen LogP) is 2.05. The molecule has 1 fully saturated rings. The summed E-state index contributed by atoms with van der Waals surface area (Å²) in [7, 11) is 5.10. The molecule has 1 aromatic heterocycles. The van der Waals surface area contributed by atoms with Crippen molar-refractivity contribution < 1.29 is 14.3 Å². The topological polar surface area (TPSA) is 65.4 Å². The molecule has 6 heteroatoms. The summed E-state index contributed by atoms with van der Waals surface area (Å²) in [6.45, 7) is 0. The second-order valence-corrected chi connectivity index (χ2v) is 5.69. The van der Waals surface area contributed by atoms with Crippen LogP contribution in [0.2, 0.25) is 0 Å². The monoisotopic (exact) mass is 315 g/mol. The summed E-state index contributed by atoms with van der Waals surface area (Å²) in [6, 6.07) is 5.26. The Morgan fingerprint density at radius 2 is 2.13 bits per heavy atom. The van der Waals surface area contributed by atoms with E-state index in [1.54, 1.807) is 20.4 Å². The lowest BCUT2D eigenvalue weighted by atomic mass is 10.0. The molecule has 6 nitrogen and oxygen atoms in total. The van der Waals surface area contributed by atoms with Crippen LogP contribution in [-0.2, 0) is 11.8 Å². The number of aromatic nitrogens is 2. The number of amides is 1. The first-order chi connectivity index (χ1) is 11.2. The Kier molecular flexibility index (Phi) is 4.23. The van der Waals surface area contributed by atoms with Gasteiger partial charge in [-0.1, -0.05) is 12.1 Å². The van der Waals surface area contributed by atoms with Crippen LogP contribution in [-0.4, -0.2) is 29.7 Å². The summed E-state index contributed by atoms with van der Waals surface area (Å²) >= 11 is 0. The third-order valence-corrected chi connectivity index (χ3v) is 4.10.